The van der Waals surface area contributed by atoms with Crippen molar-refractivity contribution in [1.29, 1.82) is 0 Å². The molecule has 2 aliphatic rings. The van der Waals surface area contributed by atoms with E-state index in [1.165, 1.54) is 0 Å². The average molecular weight is 260 g/mol. The molecule has 19 heavy (non-hydrogen) atoms. The summed E-state index contributed by atoms with van der Waals surface area (Å²) in [7, 11) is 0. The first-order valence-electron chi connectivity index (χ1n) is 6.90. The minimum Gasteiger partial charge on any atom is -0.507 e. The summed E-state index contributed by atoms with van der Waals surface area (Å²) in [5, 5.41) is 13.4. The minimum atomic E-state index is -0.0388. The van der Waals surface area contributed by atoms with Crippen LogP contribution in [0, 0.1) is 18.8 Å². The van der Waals surface area contributed by atoms with Crippen LogP contribution >= 0.6 is 0 Å². The average Bonchev–Trinajstić information content (AvgIpc) is 2.96. The molecule has 1 aromatic rings. The molecule has 102 valence electrons. The number of nitrogens with zero attached hydrogens (tertiary/aromatic N) is 1. The predicted octanol–water partition coefficient (Wildman–Crippen LogP) is 1.38. The number of phenols is 1. The second kappa shape index (κ2) is 4.53. The van der Waals surface area contributed by atoms with Crippen LogP contribution in [-0.4, -0.2) is 41.6 Å². The summed E-state index contributed by atoms with van der Waals surface area (Å²) in [6, 6.07) is 5.60. The van der Waals surface area contributed by atoms with Crippen molar-refractivity contribution in [3.63, 3.8) is 0 Å². The number of benzene rings is 1. The normalized spacial score (nSPS) is 29.6. The lowest BCUT2D eigenvalue weighted by molar-refractivity contribution is 0.0725. The maximum absolute atomic E-state index is 12.6. The number of rotatable bonds is 1. The van der Waals surface area contributed by atoms with Gasteiger partial charge in [-0.05, 0) is 37.3 Å². The zero-order valence-corrected chi connectivity index (χ0v) is 11.4. The molecular formula is C15H20N2O2. The molecular weight excluding hydrogens is 240 g/mol. The van der Waals surface area contributed by atoms with Crippen molar-refractivity contribution >= 4 is 5.91 Å². The number of hydrogen-bond donors (Lipinski definition) is 2. The van der Waals surface area contributed by atoms with Gasteiger partial charge in [0.15, 0.2) is 0 Å². The topological polar surface area (TPSA) is 52.6 Å². The first kappa shape index (κ1) is 12.5. The first-order valence-corrected chi connectivity index (χ1v) is 6.90. The highest BCUT2D eigenvalue weighted by Gasteiger charge is 2.44. The van der Waals surface area contributed by atoms with Crippen LogP contribution in [0.1, 0.15) is 22.8 Å². The molecule has 1 aromatic carbocycles. The highest BCUT2D eigenvalue weighted by molar-refractivity contribution is 5.97. The number of nitrogens with one attached hydrogen (secondary N) is 1. The van der Waals surface area contributed by atoms with Gasteiger partial charge in [-0.15, -0.1) is 0 Å². The lowest BCUT2D eigenvalue weighted by atomic mass is 9.95. The number of para-hydroxylation sites is 1. The van der Waals surface area contributed by atoms with Gasteiger partial charge in [0.2, 0.25) is 0 Å². The second-order valence-corrected chi connectivity index (χ2v) is 5.75. The van der Waals surface area contributed by atoms with Crippen LogP contribution in [-0.2, 0) is 0 Å². The molecule has 2 fully saturated rings. The van der Waals surface area contributed by atoms with Crippen molar-refractivity contribution in [3.05, 3.63) is 29.3 Å². The Bertz CT molecular complexity index is 515. The molecule has 0 radical (unpaired) electrons. The number of likely N-dealkylation sites (tertiary alicyclic amines) is 1. The number of aryl methyl sites for hydroxylation is 1. The quantitative estimate of drug-likeness (QED) is 0.802. The maximum Gasteiger partial charge on any atom is 0.257 e. The van der Waals surface area contributed by atoms with Gasteiger partial charge in [0.25, 0.3) is 5.91 Å². The summed E-state index contributed by atoms with van der Waals surface area (Å²) in [6.45, 7) is 6.72. The van der Waals surface area contributed by atoms with Crippen molar-refractivity contribution in [1.82, 2.24) is 10.2 Å². The molecule has 2 saturated heterocycles. The molecule has 4 heteroatoms. The molecule has 0 saturated carbocycles. The fourth-order valence-electron chi connectivity index (χ4n) is 3.42. The van der Waals surface area contributed by atoms with Crippen LogP contribution in [0.3, 0.4) is 0 Å². The third kappa shape index (κ3) is 1.91. The van der Waals surface area contributed by atoms with Crippen molar-refractivity contribution in [2.24, 2.45) is 11.8 Å². The van der Waals surface area contributed by atoms with E-state index in [0.29, 0.717) is 17.4 Å². The zero-order chi connectivity index (χ0) is 13.6. The van der Waals surface area contributed by atoms with E-state index in [0.717, 1.165) is 25.2 Å². The Morgan fingerprint density at radius 3 is 2.95 bits per heavy atom. The predicted molar refractivity (Wildman–Crippen MR) is 73.2 cm³/mol. The third-order valence-electron chi connectivity index (χ3n) is 4.66. The summed E-state index contributed by atoms with van der Waals surface area (Å²) >= 11 is 0. The van der Waals surface area contributed by atoms with Crippen LogP contribution in [0.5, 0.6) is 5.75 Å². The van der Waals surface area contributed by atoms with Crippen LogP contribution in [0.2, 0.25) is 0 Å². The molecule has 0 spiro atoms. The monoisotopic (exact) mass is 260 g/mol. The van der Waals surface area contributed by atoms with E-state index in [2.05, 4.69) is 12.2 Å². The summed E-state index contributed by atoms with van der Waals surface area (Å²) < 4.78 is 0. The molecule has 1 amide bonds. The molecule has 2 aliphatic heterocycles. The van der Waals surface area contributed by atoms with Crippen LogP contribution < -0.4 is 5.32 Å². The van der Waals surface area contributed by atoms with Gasteiger partial charge < -0.3 is 15.3 Å². The molecule has 3 atom stereocenters. The molecule has 3 unspecified atom stereocenters. The van der Waals surface area contributed by atoms with Crippen molar-refractivity contribution in [2.45, 2.75) is 19.9 Å². The largest absolute Gasteiger partial charge is 0.507 e. The van der Waals surface area contributed by atoms with E-state index in [1.807, 2.05) is 24.0 Å². The summed E-state index contributed by atoms with van der Waals surface area (Å²) in [6.07, 6.45) is 0. The van der Waals surface area contributed by atoms with E-state index < -0.39 is 0 Å². The third-order valence-corrected chi connectivity index (χ3v) is 4.66. The van der Waals surface area contributed by atoms with E-state index in [4.69, 9.17) is 0 Å². The van der Waals surface area contributed by atoms with Crippen molar-refractivity contribution in [2.75, 3.05) is 19.6 Å². The fourth-order valence-corrected chi connectivity index (χ4v) is 3.42. The van der Waals surface area contributed by atoms with Gasteiger partial charge in [-0.25, -0.2) is 0 Å². The Labute approximate surface area is 113 Å². The summed E-state index contributed by atoms with van der Waals surface area (Å²) in [5.41, 5.74) is 1.18. The van der Waals surface area contributed by atoms with Crippen LogP contribution in [0.25, 0.3) is 0 Å². The Morgan fingerprint density at radius 2 is 2.21 bits per heavy atom. The van der Waals surface area contributed by atoms with Crippen LogP contribution in [0.15, 0.2) is 18.2 Å². The van der Waals surface area contributed by atoms with Gasteiger partial charge in [0.1, 0.15) is 5.75 Å². The van der Waals surface area contributed by atoms with E-state index >= 15 is 0 Å². The first-order chi connectivity index (χ1) is 9.09. The van der Waals surface area contributed by atoms with E-state index in [9.17, 15) is 9.90 Å². The fraction of sp³-hybridized carbons (Fsp3) is 0.533. The highest BCUT2D eigenvalue weighted by atomic mass is 16.3. The number of carbonyl (C=O) groups is 1. The molecule has 0 aliphatic carbocycles. The lowest BCUT2D eigenvalue weighted by Crippen LogP contribution is -2.38. The zero-order valence-electron chi connectivity index (χ0n) is 11.4. The highest BCUT2D eigenvalue weighted by Crippen LogP contribution is 2.34. The van der Waals surface area contributed by atoms with Crippen molar-refractivity contribution in [3.8, 4) is 5.75 Å². The standard InChI is InChI=1S/C15H20N2O2/c1-9-4-3-5-12(14(9)18)15(19)17-8-11-6-16-7-13(11)10(17)2/h3-5,10-11,13,16,18H,6-8H2,1-2H3. The number of fused-ring (bicyclic) bond motifs is 1. The smallest absolute Gasteiger partial charge is 0.257 e. The Kier molecular flexibility index (Phi) is 2.97. The van der Waals surface area contributed by atoms with Gasteiger partial charge >= 0.3 is 0 Å². The lowest BCUT2D eigenvalue weighted by Gasteiger charge is -2.25. The molecule has 4 nitrogen and oxygen atoms in total. The Balaban J connectivity index is 1.87. The maximum atomic E-state index is 12.6. The van der Waals surface area contributed by atoms with E-state index in [-0.39, 0.29) is 17.7 Å². The van der Waals surface area contributed by atoms with Gasteiger partial charge in [-0.2, -0.15) is 0 Å². The number of amides is 1. The molecule has 0 bridgehead atoms. The van der Waals surface area contributed by atoms with E-state index in [1.54, 1.807) is 6.07 Å². The molecule has 2 N–H and O–H groups in total. The second-order valence-electron chi connectivity index (χ2n) is 5.75. The van der Waals surface area contributed by atoms with Gasteiger partial charge in [0.05, 0.1) is 5.56 Å². The number of hydrogen-bond acceptors (Lipinski definition) is 3. The summed E-state index contributed by atoms with van der Waals surface area (Å²) in [4.78, 5) is 14.5. The molecule has 3 rings (SSSR count). The number of phenolic OH excluding ortho intramolecular Hbond substituents is 1. The molecule has 0 aromatic heterocycles. The Hall–Kier alpha value is -1.55. The van der Waals surface area contributed by atoms with Gasteiger partial charge in [0, 0.05) is 25.7 Å². The van der Waals surface area contributed by atoms with Gasteiger partial charge in [-0.1, -0.05) is 12.1 Å². The van der Waals surface area contributed by atoms with Crippen molar-refractivity contribution < 1.29 is 9.90 Å². The Morgan fingerprint density at radius 1 is 1.42 bits per heavy atom. The molecule has 2 heterocycles. The SMILES string of the molecule is Cc1cccc(C(=O)N2CC3CNCC3C2C)c1O. The number of carbonyl (C=O) groups excluding carboxylic acids is 1. The summed E-state index contributed by atoms with van der Waals surface area (Å²) in [5.74, 6) is 1.19. The van der Waals surface area contributed by atoms with Crippen LogP contribution in [0.4, 0.5) is 0 Å². The minimum absolute atomic E-state index is 0.0388. The number of aromatic hydroxyl groups is 1. The van der Waals surface area contributed by atoms with Gasteiger partial charge in [-0.3, -0.25) is 4.79 Å².